The largest absolute Gasteiger partial charge is 0.756 e. The van der Waals surface area contributed by atoms with Crippen molar-refractivity contribution >= 4 is 24.9 Å². The Hall–Kier alpha value is -1.62. The summed E-state index contributed by atoms with van der Waals surface area (Å²) in [6.45, 7) is 0.161. The number of phosphoric acid groups is 1. The number of hydrogen-bond donors (Lipinski definition) is 1. The van der Waals surface area contributed by atoms with E-state index in [0.717, 1.165) is 7.11 Å². The number of nitrogen functional groups attached to an aromatic ring is 1. The van der Waals surface area contributed by atoms with Crippen LogP contribution in [0.4, 0.5) is 5.95 Å². The van der Waals surface area contributed by atoms with E-state index in [4.69, 9.17) is 19.7 Å². The third-order valence-corrected chi connectivity index (χ3v) is 4.62. The van der Waals surface area contributed by atoms with Gasteiger partial charge >= 0.3 is 0 Å². The fraction of sp³-hybridized carbons (Fsp3) is 0.583. The van der Waals surface area contributed by atoms with Crippen molar-refractivity contribution in [3.05, 3.63) is 12.5 Å². The second-order valence-electron chi connectivity index (χ2n) is 5.18. The predicted octanol–water partition coefficient (Wildman–Crippen LogP) is -0.158. The van der Waals surface area contributed by atoms with Gasteiger partial charge in [-0.05, 0) is 0 Å². The van der Waals surface area contributed by atoms with E-state index >= 15 is 0 Å². The van der Waals surface area contributed by atoms with E-state index in [0.29, 0.717) is 11.2 Å². The lowest BCUT2D eigenvalue weighted by Crippen LogP contribution is -2.29. The lowest BCUT2D eigenvalue weighted by atomic mass is 10.2. The van der Waals surface area contributed by atoms with Crippen molar-refractivity contribution < 1.29 is 28.0 Å². The van der Waals surface area contributed by atoms with Crippen LogP contribution in [0.5, 0.6) is 0 Å². The first-order valence-corrected chi connectivity index (χ1v) is 8.54. The summed E-state index contributed by atoms with van der Waals surface area (Å²) >= 11 is 0. The van der Waals surface area contributed by atoms with E-state index in [1.165, 1.54) is 19.6 Å². The molecule has 4 atom stereocenters. The summed E-state index contributed by atoms with van der Waals surface area (Å²) in [6, 6.07) is 0. The van der Waals surface area contributed by atoms with Gasteiger partial charge in [-0.25, -0.2) is 9.97 Å². The van der Waals surface area contributed by atoms with Gasteiger partial charge in [-0.2, -0.15) is 4.98 Å². The average Bonchev–Trinajstić information content (AvgIpc) is 3.11. The first-order chi connectivity index (χ1) is 11.4. The maximum absolute atomic E-state index is 11.6. The minimum absolute atomic E-state index is 0.104. The van der Waals surface area contributed by atoms with Gasteiger partial charge < -0.3 is 29.1 Å². The smallest absolute Gasteiger partial charge is 0.267 e. The molecule has 0 spiro atoms. The van der Waals surface area contributed by atoms with Crippen molar-refractivity contribution in [3.63, 3.8) is 0 Å². The lowest BCUT2D eigenvalue weighted by Gasteiger charge is -2.26. The number of fused-ring (bicyclic) bond motifs is 1. The van der Waals surface area contributed by atoms with E-state index in [1.54, 1.807) is 4.57 Å². The van der Waals surface area contributed by atoms with Gasteiger partial charge in [-0.1, -0.05) is 0 Å². The Morgan fingerprint density at radius 1 is 1.50 bits per heavy atom. The number of nitrogens with two attached hydrogens (primary N) is 1. The first kappa shape index (κ1) is 17.2. The highest BCUT2D eigenvalue weighted by molar-refractivity contribution is 7.45. The van der Waals surface area contributed by atoms with Gasteiger partial charge in [0.1, 0.15) is 17.8 Å². The summed E-state index contributed by atoms with van der Waals surface area (Å²) in [5.41, 5.74) is 6.65. The van der Waals surface area contributed by atoms with Gasteiger partial charge in [-0.3, -0.25) is 9.13 Å². The van der Waals surface area contributed by atoms with Crippen molar-refractivity contribution in [2.45, 2.75) is 24.9 Å². The van der Waals surface area contributed by atoms with Gasteiger partial charge in [0.15, 0.2) is 5.65 Å². The zero-order valence-corrected chi connectivity index (χ0v) is 14.0. The number of aromatic nitrogens is 4. The summed E-state index contributed by atoms with van der Waals surface area (Å²) in [4.78, 5) is 23.8. The number of imidazole rings is 1. The molecule has 0 radical (unpaired) electrons. The first-order valence-electron chi connectivity index (χ1n) is 7.08. The fourth-order valence-electron chi connectivity index (χ4n) is 2.56. The lowest BCUT2D eigenvalue weighted by molar-refractivity contribution is -0.229. The molecule has 0 aliphatic carbocycles. The van der Waals surface area contributed by atoms with Gasteiger partial charge in [-0.15, -0.1) is 0 Å². The number of phosphoric ester groups is 1. The summed E-state index contributed by atoms with van der Waals surface area (Å²) in [5, 5.41) is 0. The SMILES string of the molecule is COC[C@H]1O[C@@H](n2cnc3cnc(N)nc32)CC1OP(=O)([O-])OC. The Morgan fingerprint density at radius 2 is 2.29 bits per heavy atom. The zero-order valence-electron chi connectivity index (χ0n) is 13.1. The molecule has 1 aliphatic rings. The fourth-order valence-corrected chi connectivity index (χ4v) is 3.20. The van der Waals surface area contributed by atoms with Crippen LogP contribution in [-0.2, 0) is 23.1 Å². The minimum Gasteiger partial charge on any atom is -0.756 e. The molecule has 2 aromatic rings. The molecule has 3 rings (SSSR count). The molecule has 1 fully saturated rings. The Bertz CT molecular complexity index is 769. The molecule has 24 heavy (non-hydrogen) atoms. The topological polar surface area (TPSA) is 147 Å². The number of hydrogen-bond acceptors (Lipinski definition) is 10. The van der Waals surface area contributed by atoms with Crippen LogP contribution in [0, 0.1) is 0 Å². The van der Waals surface area contributed by atoms with Crippen LogP contribution >= 0.6 is 7.82 Å². The molecule has 2 unspecified atom stereocenters. The van der Waals surface area contributed by atoms with Crippen LogP contribution in [0.15, 0.2) is 12.5 Å². The molecule has 1 aliphatic heterocycles. The summed E-state index contributed by atoms with van der Waals surface area (Å²) in [7, 11) is -1.87. The number of anilines is 1. The number of nitrogens with zero attached hydrogens (tertiary/aromatic N) is 4. The average molecular weight is 358 g/mol. The van der Waals surface area contributed by atoms with Gasteiger partial charge in [0.25, 0.3) is 7.82 Å². The van der Waals surface area contributed by atoms with Crippen LogP contribution in [0.25, 0.3) is 11.2 Å². The van der Waals surface area contributed by atoms with Crippen molar-refractivity contribution in [3.8, 4) is 0 Å². The molecule has 12 heteroatoms. The van der Waals surface area contributed by atoms with E-state index < -0.39 is 26.3 Å². The maximum Gasteiger partial charge on any atom is 0.267 e. The molecule has 3 heterocycles. The third kappa shape index (κ3) is 3.41. The molecular weight excluding hydrogens is 341 g/mol. The molecular formula is C12H17N5O6P-. The predicted molar refractivity (Wildman–Crippen MR) is 79.6 cm³/mol. The number of ether oxygens (including phenoxy) is 2. The van der Waals surface area contributed by atoms with Gasteiger partial charge in [0, 0.05) is 20.6 Å². The summed E-state index contributed by atoms with van der Waals surface area (Å²) < 4.78 is 33.6. The Kier molecular flexibility index (Phi) is 4.81. The highest BCUT2D eigenvalue weighted by atomic mass is 31.2. The number of rotatable bonds is 6. The summed E-state index contributed by atoms with van der Waals surface area (Å²) in [5.74, 6) is 0.104. The van der Waals surface area contributed by atoms with Gasteiger partial charge in [0.05, 0.1) is 25.2 Å². The molecule has 0 amide bonds. The minimum atomic E-state index is -4.40. The van der Waals surface area contributed by atoms with Gasteiger partial charge in [0.2, 0.25) is 5.95 Å². The Morgan fingerprint density at radius 3 is 3.00 bits per heavy atom. The third-order valence-electron chi connectivity index (χ3n) is 3.64. The standard InChI is InChI=1S/C12H18N5O6P/c1-20-5-9-8(23-24(18,19)21-2)3-10(22-9)17-6-15-7-4-14-12(13)16-11(7)17/h4,6,8-10H,3,5H2,1-2H3,(H,18,19)(H2,13,14,16)/p-1/t8?,9-,10-/m1/s1. The van der Waals surface area contributed by atoms with E-state index in [1.807, 2.05) is 0 Å². The molecule has 0 saturated carbocycles. The Balaban J connectivity index is 1.86. The second-order valence-corrected chi connectivity index (χ2v) is 6.65. The number of methoxy groups -OCH3 is 1. The van der Waals surface area contributed by atoms with E-state index in [2.05, 4.69) is 19.5 Å². The quantitative estimate of drug-likeness (QED) is 0.691. The monoisotopic (exact) mass is 358 g/mol. The maximum atomic E-state index is 11.6. The van der Waals surface area contributed by atoms with Crippen molar-refractivity contribution in [1.82, 2.24) is 19.5 Å². The van der Waals surface area contributed by atoms with Crippen molar-refractivity contribution in [2.75, 3.05) is 26.6 Å². The molecule has 1 saturated heterocycles. The van der Waals surface area contributed by atoms with Crippen LogP contribution in [0.2, 0.25) is 0 Å². The summed E-state index contributed by atoms with van der Waals surface area (Å²) in [6.07, 6.45) is 1.40. The molecule has 0 aromatic carbocycles. The van der Waals surface area contributed by atoms with E-state index in [9.17, 15) is 9.46 Å². The molecule has 0 bridgehead atoms. The molecule has 2 N–H and O–H groups in total. The molecule has 132 valence electrons. The highest BCUT2D eigenvalue weighted by Gasteiger charge is 2.39. The highest BCUT2D eigenvalue weighted by Crippen LogP contribution is 2.44. The molecule has 2 aromatic heterocycles. The van der Waals surface area contributed by atoms with Crippen LogP contribution in [0.1, 0.15) is 12.6 Å². The zero-order chi connectivity index (χ0) is 17.3. The van der Waals surface area contributed by atoms with Crippen LogP contribution in [0.3, 0.4) is 0 Å². The normalized spacial score (nSPS) is 26.7. The van der Waals surface area contributed by atoms with Crippen molar-refractivity contribution in [2.24, 2.45) is 0 Å². The Labute approximate surface area is 137 Å². The van der Waals surface area contributed by atoms with Crippen LogP contribution in [-0.4, -0.2) is 52.6 Å². The van der Waals surface area contributed by atoms with Crippen molar-refractivity contribution in [1.29, 1.82) is 0 Å². The second kappa shape index (κ2) is 6.71. The molecule has 11 nitrogen and oxygen atoms in total. The van der Waals surface area contributed by atoms with Crippen LogP contribution < -0.4 is 10.6 Å². The van der Waals surface area contributed by atoms with E-state index in [-0.39, 0.29) is 19.0 Å².